The van der Waals surface area contributed by atoms with Crippen LogP contribution in [0, 0.1) is 5.92 Å². The van der Waals surface area contributed by atoms with E-state index in [9.17, 15) is 8.42 Å². The van der Waals surface area contributed by atoms with Gasteiger partial charge < -0.3 is 10.5 Å². The van der Waals surface area contributed by atoms with E-state index in [0.717, 1.165) is 0 Å². The quantitative estimate of drug-likeness (QED) is 0.844. The van der Waals surface area contributed by atoms with Crippen molar-refractivity contribution in [2.45, 2.75) is 6.92 Å². The van der Waals surface area contributed by atoms with Gasteiger partial charge in [-0.15, -0.1) is 0 Å². The van der Waals surface area contributed by atoms with Crippen LogP contribution < -0.4 is 14.8 Å². The summed E-state index contributed by atoms with van der Waals surface area (Å²) in [6, 6.07) is 6.88. The molecule has 104 valence electrons. The van der Waals surface area contributed by atoms with E-state index in [2.05, 4.69) is 0 Å². The maximum absolute atomic E-state index is 11.9. The Bertz CT molecular complexity index is 569. The highest BCUT2D eigenvalue weighted by Gasteiger charge is 2.33. The molecule has 1 atom stereocenters. The first-order chi connectivity index (χ1) is 8.88. The van der Waals surface area contributed by atoms with Crippen molar-refractivity contribution in [2.75, 3.05) is 23.2 Å². The van der Waals surface area contributed by atoms with Gasteiger partial charge in [0, 0.05) is 6.54 Å². The topological polar surface area (TPSA) is 72.6 Å². The molecule has 5 nitrogen and oxygen atoms in total. The minimum atomic E-state index is -3.18. The summed E-state index contributed by atoms with van der Waals surface area (Å²) < 4.78 is 30.6. The summed E-state index contributed by atoms with van der Waals surface area (Å²) >= 11 is 4.72. The van der Waals surface area contributed by atoms with Gasteiger partial charge in [0.25, 0.3) is 0 Å². The average Bonchev–Trinajstić information content (AvgIpc) is 2.60. The van der Waals surface area contributed by atoms with E-state index < -0.39 is 10.0 Å². The van der Waals surface area contributed by atoms with Crippen molar-refractivity contribution in [1.82, 2.24) is 0 Å². The number of ether oxygens (including phenoxy) is 1. The van der Waals surface area contributed by atoms with Crippen LogP contribution in [-0.4, -0.2) is 32.3 Å². The molecule has 0 aliphatic carbocycles. The Morgan fingerprint density at radius 3 is 2.58 bits per heavy atom. The molecule has 1 saturated heterocycles. The second kappa shape index (κ2) is 5.34. The first kappa shape index (κ1) is 14.1. The molecule has 0 amide bonds. The Morgan fingerprint density at radius 1 is 1.47 bits per heavy atom. The second-order valence-corrected chi connectivity index (χ2v) is 7.13. The zero-order valence-corrected chi connectivity index (χ0v) is 12.2. The molecule has 1 unspecified atom stereocenters. The van der Waals surface area contributed by atoms with Gasteiger partial charge in [-0.1, -0.05) is 19.1 Å². The van der Waals surface area contributed by atoms with Gasteiger partial charge in [-0.3, -0.25) is 4.31 Å². The monoisotopic (exact) mass is 300 g/mol. The number of sulfonamides is 1. The Labute approximate surface area is 118 Å². The van der Waals surface area contributed by atoms with Crippen molar-refractivity contribution >= 4 is 32.9 Å². The van der Waals surface area contributed by atoms with Crippen molar-refractivity contribution in [1.29, 1.82) is 0 Å². The van der Waals surface area contributed by atoms with Crippen LogP contribution in [-0.2, 0) is 10.0 Å². The van der Waals surface area contributed by atoms with Crippen molar-refractivity contribution in [3.63, 3.8) is 0 Å². The zero-order valence-electron chi connectivity index (χ0n) is 10.6. The number of nitrogens with two attached hydrogens (primary N) is 1. The van der Waals surface area contributed by atoms with Gasteiger partial charge in [-0.2, -0.15) is 0 Å². The lowest BCUT2D eigenvalue weighted by molar-refractivity contribution is 0.377. The van der Waals surface area contributed by atoms with Crippen LogP contribution in [0.1, 0.15) is 6.92 Å². The maximum atomic E-state index is 11.9. The fraction of sp³-hybridized carbons (Fsp3) is 0.417. The van der Waals surface area contributed by atoms with Gasteiger partial charge in [0.2, 0.25) is 10.0 Å². The largest absolute Gasteiger partial charge is 0.487 e. The molecule has 1 aliphatic heterocycles. The minimum absolute atomic E-state index is 0.149. The minimum Gasteiger partial charge on any atom is -0.487 e. The lowest BCUT2D eigenvalue weighted by Gasteiger charge is -2.17. The molecule has 2 N–H and O–H groups in total. The molecule has 0 bridgehead atoms. The molecule has 0 radical (unpaired) electrons. The summed E-state index contributed by atoms with van der Waals surface area (Å²) in [6.07, 6.45) is 0. The fourth-order valence-electron chi connectivity index (χ4n) is 2.03. The maximum Gasteiger partial charge on any atom is 0.235 e. The Morgan fingerprint density at radius 2 is 2.11 bits per heavy atom. The molecule has 1 aromatic rings. The third-order valence-electron chi connectivity index (χ3n) is 2.81. The van der Waals surface area contributed by atoms with E-state index in [-0.39, 0.29) is 23.3 Å². The van der Waals surface area contributed by atoms with E-state index in [1.165, 1.54) is 4.31 Å². The summed E-state index contributed by atoms with van der Waals surface area (Å²) in [4.78, 5) is 0.278. The average molecular weight is 300 g/mol. The Hall–Kier alpha value is -1.34. The van der Waals surface area contributed by atoms with Gasteiger partial charge in [-0.25, -0.2) is 8.42 Å². The molecule has 1 aliphatic rings. The highest BCUT2D eigenvalue weighted by molar-refractivity contribution is 7.93. The van der Waals surface area contributed by atoms with Crippen LogP contribution in [0.3, 0.4) is 0 Å². The molecule has 7 heteroatoms. The normalized spacial score (nSPS) is 21.3. The number of anilines is 1. The SMILES string of the molecule is CC1CN(c2ccc(OCC(N)=S)cc2)S(=O)(=O)C1. The molecule has 0 spiro atoms. The van der Waals surface area contributed by atoms with E-state index in [1.807, 2.05) is 6.92 Å². The van der Waals surface area contributed by atoms with Crippen LogP contribution in [0.4, 0.5) is 5.69 Å². The van der Waals surface area contributed by atoms with E-state index in [0.29, 0.717) is 18.0 Å². The molecular weight excluding hydrogens is 284 g/mol. The van der Waals surface area contributed by atoms with Crippen LogP contribution in [0.2, 0.25) is 0 Å². The fourth-order valence-corrected chi connectivity index (χ4v) is 4.02. The lowest BCUT2D eigenvalue weighted by Crippen LogP contribution is -2.25. The summed E-state index contributed by atoms with van der Waals surface area (Å²) in [7, 11) is -3.18. The third-order valence-corrected chi connectivity index (χ3v) is 4.95. The Balaban J connectivity index is 2.12. The molecule has 0 saturated carbocycles. The smallest absolute Gasteiger partial charge is 0.235 e. The third kappa shape index (κ3) is 3.36. The van der Waals surface area contributed by atoms with Crippen LogP contribution in [0.15, 0.2) is 24.3 Å². The number of rotatable bonds is 4. The van der Waals surface area contributed by atoms with Gasteiger partial charge >= 0.3 is 0 Å². The standard InChI is InChI=1S/C12H16N2O3S2/c1-9-6-14(19(15,16)8-9)10-2-4-11(5-3-10)17-7-12(13)18/h2-5,9H,6-8H2,1H3,(H2,13,18). The van der Waals surface area contributed by atoms with Gasteiger partial charge in [0.15, 0.2) is 0 Å². The first-order valence-corrected chi connectivity index (χ1v) is 7.92. The van der Waals surface area contributed by atoms with Crippen molar-refractivity contribution in [3.05, 3.63) is 24.3 Å². The van der Waals surface area contributed by atoms with E-state index in [4.69, 9.17) is 22.7 Å². The molecular formula is C12H16N2O3S2. The van der Waals surface area contributed by atoms with Crippen LogP contribution in [0.5, 0.6) is 5.75 Å². The summed E-state index contributed by atoms with van der Waals surface area (Å²) in [5.74, 6) is 0.962. The van der Waals surface area contributed by atoms with Crippen molar-refractivity contribution in [3.8, 4) is 5.75 Å². The lowest BCUT2D eigenvalue weighted by atomic mass is 10.2. The van der Waals surface area contributed by atoms with Crippen molar-refractivity contribution in [2.24, 2.45) is 11.7 Å². The molecule has 0 aromatic heterocycles. The summed E-state index contributed by atoms with van der Waals surface area (Å²) in [5.41, 5.74) is 6.00. The van der Waals surface area contributed by atoms with Crippen molar-refractivity contribution < 1.29 is 13.2 Å². The number of benzene rings is 1. The van der Waals surface area contributed by atoms with E-state index >= 15 is 0 Å². The second-order valence-electron chi connectivity index (χ2n) is 4.66. The highest BCUT2D eigenvalue weighted by atomic mass is 32.2. The molecule has 1 fully saturated rings. The number of hydrogen-bond acceptors (Lipinski definition) is 4. The number of thiocarbonyl (C=S) groups is 1. The van der Waals surface area contributed by atoms with Gasteiger partial charge in [0.1, 0.15) is 17.3 Å². The zero-order chi connectivity index (χ0) is 14.0. The first-order valence-electron chi connectivity index (χ1n) is 5.90. The highest BCUT2D eigenvalue weighted by Crippen LogP contribution is 2.28. The molecule has 1 aromatic carbocycles. The molecule has 1 heterocycles. The van der Waals surface area contributed by atoms with Crippen LogP contribution in [0.25, 0.3) is 0 Å². The van der Waals surface area contributed by atoms with Gasteiger partial charge in [0.05, 0.1) is 11.4 Å². The Kier molecular flexibility index (Phi) is 3.96. The molecule has 19 heavy (non-hydrogen) atoms. The summed E-state index contributed by atoms with van der Waals surface area (Å²) in [6.45, 7) is 2.63. The van der Waals surface area contributed by atoms with E-state index in [1.54, 1.807) is 24.3 Å². The number of nitrogens with zero attached hydrogens (tertiary/aromatic N) is 1. The molecule has 2 rings (SSSR count). The van der Waals surface area contributed by atoms with Gasteiger partial charge in [-0.05, 0) is 30.2 Å². The number of hydrogen-bond donors (Lipinski definition) is 1. The predicted octanol–water partition coefficient (Wildman–Crippen LogP) is 1.14. The predicted molar refractivity (Wildman–Crippen MR) is 79.0 cm³/mol. The summed E-state index contributed by atoms with van der Waals surface area (Å²) in [5, 5.41) is 0. The van der Waals surface area contributed by atoms with Crippen LogP contribution >= 0.6 is 12.2 Å².